The molecule has 0 aromatic heterocycles. The Labute approximate surface area is 117 Å². The Morgan fingerprint density at radius 2 is 2.37 bits per heavy atom. The predicted molar refractivity (Wildman–Crippen MR) is 78.1 cm³/mol. The highest BCUT2D eigenvalue weighted by Crippen LogP contribution is 2.33. The lowest BCUT2D eigenvalue weighted by Crippen LogP contribution is -2.39. The zero-order chi connectivity index (χ0) is 13.7. The molecule has 0 radical (unpaired) electrons. The SMILES string of the molecule is CC1=CCC[C@H](C)[C@@H]1CNC[C@@]1(CCO)CCOC1. The molecule has 2 rings (SSSR count). The van der Waals surface area contributed by atoms with Gasteiger partial charge in [-0.1, -0.05) is 18.6 Å². The Morgan fingerprint density at radius 1 is 1.53 bits per heavy atom. The van der Waals surface area contributed by atoms with Gasteiger partial charge in [-0.25, -0.2) is 0 Å². The van der Waals surface area contributed by atoms with Crippen molar-refractivity contribution in [3.8, 4) is 0 Å². The molecule has 0 bridgehead atoms. The molecule has 0 spiro atoms. The second kappa shape index (κ2) is 6.87. The highest BCUT2D eigenvalue weighted by molar-refractivity contribution is 5.09. The van der Waals surface area contributed by atoms with Crippen molar-refractivity contribution in [2.75, 3.05) is 32.9 Å². The highest BCUT2D eigenvalue weighted by Gasteiger charge is 2.34. The van der Waals surface area contributed by atoms with Gasteiger partial charge < -0.3 is 15.2 Å². The third kappa shape index (κ3) is 3.80. The second-order valence-corrected chi connectivity index (χ2v) is 6.52. The summed E-state index contributed by atoms with van der Waals surface area (Å²) in [7, 11) is 0. The Balaban J connectivity index is 1.81. The van der Waals surface area contributed by atoms with Gasteiger partial charge >= 0.3 is 0 Å². The summed E-state index contributed by atoms with van der Waals surface area (Å²) < 4.78 is 5.54. The lowest BCUT2D eigenvalue weighted by atomic mass is 9.79. The van der Waals surface area contributed by atoms with Crippen LogP contribution in [0.15, 0.2) is 11.6 Å². The second-order valence-electron chi connectivity index (χ2n) is 6.52. The molecule has 3 atom stereocenters. The van der Waals surface area contributed by atoms with Gasteiger partial charge in [0, 0.05) is 31.7 Å². The molecule has 2 aliphatic rings. The molecule has 1 aliphatic carbocycles. The summed E-state index contributed by atoms with van der Waals surface area (Å²) in [6.45, 7) is 8.59. The average Bonchev–Trinajstić information content (AvgIpc) is 2.82. The van der Waals surface area contributed by atoms with Crippen LogP contribution in [0.5, 0.6) is 0 Å². The van der Waals surface area contributed by atoms with Crippen LogP contribution in [0.1, 0.15) is 39.5 Å². The fourth-order valence-electron chi connectivity index (χ4n) is 3.54. The Hall–Kier alpha value is -0.380. The van der Waals surface area contributed by atoms with E-state index in [1.54, 1.807) is 5.57 Å². The van der Waals surface area contributed by atoms with E-state index in [0.717, 1.165) is 45.1 Å². The van der Waals surface area contributed by atoms with Crippen molar-refractivity contribution in [1.82, 2.24) is 5.32 Å². The van der Waals surface area contributed by atoms with Gasteiger partial charge in [-0.05, 0) is 44.4 Å². The van der Waals surface area contributed by atoms with Crippen LogP contribution in [0.3, 0.4) is 0 Å². The molecule has 0 aromatic rings. The lowest BCUT2D eigenvalue weighted by molar-refractivity contribution is 0.123. The molecule has 0 saturated carbocycles. The molecule has 1 saturated heterocycles. The molecule has 1 aliphatic heterocycles. The van der Waals surface area contributed by atoms with Crippen LogP contribution in [0.25, 0.3) is 0 Å². The van der Waals surface area contributed by atoms with Crippen molar-refractivity contribution in [2.24, 2.45) is 17.3 Å². The van der Waals surface area contributed by atoms with Crippen LogP contribution in [0.4, 0.5) is 0 Å². The summed E-state index contributed by atoms with van der Waals surface area (Å²) in [6, 6.07) is 0. The number of aliphatic hydroxyl groups is 1. The highest BCUT2D eigenvalue weighted by atomic mass is 16.5. The van der Waals surface area contributed by atoms with Crippen molar-refractivity contribution in [3.05, 3.63) is 11.6 Å². The molecule has 0 amide bonds. The molecule has 110 valence electrons. The van der Waals surface area contributed by atoms with Gasteiger partial charge in [0.2, 0.25) is 0 Å². The Kier molecular flexibility index (Phi) is 5.43. The van der Waals surface area contributed by atoms with Crippen molar-refractivity contribution in [1.29, 1.82) is 0 Å². The van der Waals surface area contributed by atoms with E-state index in [2.05, 4.69) is 25.2 Å². The minimum Gasteiger partial charge on any atom is -0.396 e. The predicted octanol–water partition coefficient (Wildman–Crippen LogP) is 2.36. The molecule has 0 aromatic carbocycles. The van der Waals surface area contributed by atoms with E-state index in [1.165, 1.54) is 12.8 Å². The van der Waals surface area contributed by atoms with E-state index < -0.39 is 0 Å². The molecular weight excluding hydrogens is 238 g/mol. The molecule has 0 unspecified atom stereocenters. The third-order valence-corrected chi connectivity index (χ3v) is 5.05. The summed E-state index contributed by atoms with van der Waals surface area (Å²) in [4.78, 5) is 0. The van der Waals surface area contributed by atoms with Crippen LogP contribution in [-0.4, -0.2) is 38.0 Å². The van der Waals surface area contributed by atoms with Gasteiger partial charge in [0.1, 0.15) is 0 Å². The summed E-state index contributed by atoms with van der Waals surface area (Å²) in [5, 5.41) is 12.9. The van der Waals surface area contributed by atoms with Crippen LogP contribution < -0.4 is 5.32 Å². The van der Waals surface area contributed by atoms with E-state index in [1.807, 2.05) is 0 Å². The fourth-order valence-corrected chi connectivity index (χ4v) is 3.54. The zero-order valence-corrected chi connectivity index (χ0v) is 12.5. The average molecular weight is 267 g/mol. The van der Waals surface area contributed by atoms with Crippen LogP contribution >= 0.6 is 0 Å². The van der Waals surface area contributed by atoms with E-state index in [-0.39, 0.29) is 12.0 Å². The standard InChI is InChI=1S/C16H29NO2/c1-13-4-3-5-14(2)15(13)10-17-11-16(6-8-18)7-9-19-12-16/h4,14-15,17-18H,3,5-12H2,1-2H3/t14-,15+,16+/m0/s1. The maximum absolute atomic E-state index is 9.23. The van der Waals surface area contributed by atoms with Crippen molar-refractivity contribution in [3.63, 3.8) is 0 Å². The maximum atomic E-state index is 9.23. The Morgan fingerprint density at radius 3 is 3.00 bits per heavy atom. The quantitative estimate of drug-likeness (QED) is 0.726. The third-order valence-electron chi connectivity index (χ3n) is 5.05. The molecule has 19 heavy (non-hydrogen) atoms. The first-order chi connectivity index (χ1) is 9.17. The summed E-state index contributed by atoms with van der Waals surface area (Å²) in [6.07, 6.45) is 6.89. The normalized spacial score (nSPS) is 35.4. The van der Waals surface area contributed by atoms with E-state index in [4.69, 9.17) is 4.74 Å². The first-order valence-corrected chi connectivity index (χ1v) is 7.73. The van der Waals surface area contributed by atoms with Gasteiger partial charge in [-0.15, -0.1) is 0 Å². The fraction of sp³-hybridized carbons (Fsp3) is 0.875. The summed E-state index contributed by atoms with van der Waals surface area (Å²) in [5.74, 6) is 1.47. The molecule has 1 fully saturated rings. The van der Waals surface area contributed by atoms with E-state index >= 15 is 0 Å². The smallest absolute Gasteiger partial charge is 0.0536 e. The number of nitrogens with one attached hydrogen (secondary N) is 1. The molecule has 3 heteroatoms. The van der Waals surface area contributed by atoms with Gasteiger partial charge in [0.25, 0.3) is 0 Å². The lowest BCUT2D eigenvalue weighted by Gasteiger charge is -2.32. The molecule has 2 N–H and O–H groups in total. The topological polar surface area (TPSA) is 41.5 Å². The van der Waals surface area contributed by atoms with Gasteiger partial charge in [-0.2, -0.15) is 0 Å². The zero-order valence-electron chi connectivity index (χ0n) is 12.5. The number of aliphatic hydroxyl groups excluding tert-OH is 1. The molecular formula is C16H29NO2. The van der Waals surface area contributed by atoms with Gasteiger partial charge in [0.15, 0.2) is 0 Å². The van der Waals surface area contributed by atoms with Gasteiger partial charge in [0.05, 0.1) is 6.61 Å². The van der Waals surface area contributed by atoms with Crippen LogP contribution in [0.2, 0.25) is 0 Å². The monoisotopic (exact) mass is 267 g/mol. The molecule has 1 heterocycles. The Bertz CT molecular complexity index is 308. The number of hydrogen-bond donors (Lipinski definition) is 2. The first-order valence-electron chi connectivity index (χ1n) is 7.73. The minimum atomic E-state index is 0.171. The van der Waals surface area contributed by atoms with Crippen LogP contribution in [0, 0.1) is 17.3 Å². The number of hydrogen-bond acceptors (Lipinski definition) is 3. The van der Waals surface area contributed by atoms with E-state index in [9.17, 15) is 5.11 Å². The maximum Gasteiger partial charge on any atom is 0.0536 e. The van der Waals surface area contributed by atoms with Gasteiger partial charge in [-0.3, -0.25) is 0 Å². The van der Waals surface area contributed by atoms with Crippen molar-refractivity contribution >= 4 is 0 Å². The van der Waals surface area contributed by atoms with E-state index in [0.29, 0.717) is 5.92 Å². The van der Waals surface area contributed by atoms with Crippen LogP contribution in [-0.2, 0) is 4.74 Å². The summed E-state index contributed by atoms with van der Waals surface area (Å²) in [5.41, 5.74) is 1.72. The minimum absolute atomic E-state index is 0.171. The summed E-state index contributed by atoms with van der Waals surface area (Å²) >= 11 is 0. The van der Waals surface area contributed by atoms with Crippen molar-refractivity contribution < 1.29 is 9.84 Å². The first kappa shape index (κ1) is 15.0. The largest absolute Gasteiger partial charge is 0.396 e. The molecule has 3 nitrogen and oxygen atoms in total. The number of rotatable bonds is 6. The number of ether oxygens (including phenoxy) is 1. The number of allylic oxidation sites excluding steroid dienone is 1. The van der Waals surface area contributed by atoms with Crippen molar-refractivity contribution in [2.45, 2.75) is 39.5 Å².